The van der Waals surface area contributed by atoms with E-state index in [0.29, 0.717) is 53.4 Å². The van der Waals surface area contributed by atoms with Gasteiger partial charge in [0.05, 0.1) is 13.7 Å². The van der Waals surface area contributed by atoms with Gasteiger partial charge < -0.3 is 25.4 Å². The van der Waals surface area contributed by atoms with E-state index in [9.17, 15) is 9.59 Å². The van der Waals surface area contributed by atoms with E-state index in [1.54, 1.807) is 43.6 Å². The highest BCUT2D eigenvalue weighted by Crippen LogP contribution is 2.31. The molecule has 1 aliphatic carbocycles. The van der Waals surface area contributed by atoms with Crippen molar-refractivity contribution in [1.29, 1.82) is 0 Å². The van der Waals surface area contributed by atoms with Crippen LogP contribution in [0.25, 0.3) is 11.4 Å². The van der Waals surface area contributed by atoms with Crippen LogP contribution in [-0.4, -0.2) is 55.1 Å². The molecule has 2 fully saturated rings. The van der Waals surface area contributed by atoms with Crippen LogP contribution in [0.4, 0.5) is 5.82 Å². The van der Waals surface area contributed by atoms with E-state index >= 15 is 0 Å². The molecule has 9 heteroatoms. The van der Waals surface area contributed by atoms with Crippen LogP contribution < -0.4 is 25.4 Å². The van der Waals surface area contributed by atoms with Crippen LogP contribution in [0.15, 0.2) is 54.7 Å². The van der Waals surface area contributed by atoms with Crippen LogP contribution >= 0.6 is 0 Å². The smallest absolute Gasteiger partial charge is 0.251 e. The molecular weight excluding hydrogens is 482 g/mol. The standard InChI is InChI=1S/C29H33N5O4/c1-37-24-14-23(15-25(16-24)38-18-20-5-6-20)29(36)32-17-19-8-11-34(12-9-19)26-7-10-31-28(33-26)22-4-2-3-21(13-22)27(30)35/h2-4,7,10,13-16,19-20H,5-6,8-9,11-12,17-18H2,1H3,(H2,30,35)(H,32,36). The second kappa shape index (κ2) is 11.5. The number of nitrogens with zero attached hydrogens (tertiary/aromatic N) is 3. The van der Waals surface area contributed by atoms with Crippen LogP contribution in [0.2, 0.25) is 0 Å². The van der Waals surface area contributed by atoms with Crippen LogP contribution in [0.3, 0.4) is 0 Å². The molecule has 3 N–H and O–H groups in total. The first-order valence-corrected chi connectivity index (χ1v) is 13.1. The van der Waals surface area contributed by atoms with Gasteiger partial charge in [-0.3, -0.25) is 9.59 Å². The number of methoxy groups -OCH3 is 1. The summed E-state index contributed by atoms with van der Waals surface area (Å²) in [5, 5.41) is 3.09. The fourth-order valence-electron chi connectivity index (χ4n) is 4.58. The van der Waals surface area contributed by atoms with Crippen molar-refractivity contribution in [2.24, 2.45) is 17.6 Å². The van der Waals surface area contributed by atoms with E-state index in [1.165, 1.54) is 12.8 Å². The number of hydrogen-bond acceptors (Lipinski definition) is 7. The fourth-order valence-corrected chi connectivity index (χ4v) is 4.58. The summed E-state index contributed by atoms with van der Waals surface area (Å²) in [6.07, 6.45) is 6.02. The lowest BCUT2D eigenvalue weighted by Gasteiger charge is -2.33. The zero-order valence-corrected chi connectivity index (χ0v) is 21.6. The molecule has 0 bridgehead atoms. The van der Waals surface area contributed by atoms with Crippen molar-refractivity contribution in [3.05, 3.63) is 65.9 Å². The zero-order valence-electron chi connectivity index (χ0n) is 21.6. The highest BCUT2D eigenvalue weighted by atomic mass is 16.5. The first-order valence-electron chi connectivity index (χ1n) is 13.1. The normalized spacial score (nSPS) is 15.7. The van der Waals surface area contributed by atoms with Gasteiger partial charge in [-0.05, 0) is 67.9 Å². The number of primary amides is 1. The number of aromatic nitrogens is 2. The topological polar surface area (TPSA) is 120 Å². The Labute approximate surface area is 222 Å². The Bertz CT molecular complexity index is 1300. The van der Waals surface area contributed by atoms with Gasteiger partial charge in [-0.2, -0.15) is 0 Å². The summed E-state index contributed by atoms with van der Waals surface area (Å²) >= 11 is 0. The molecule has 9 nitrogen and oxygen atoms in total. The van der Waals surface area contributed by atoms with Crippen LogP contribution in [0.5, 0.6) is 11.5 Å². The number of nitrogens with one attached hydrogen (secondary N) is 1. The Morgan fingerprint density at radius 3 is 2.53 bits per heavy atom. The maximum atomic E-state index is 12.9. The number of hydrogen-bond donors (Lipinski definition) is 2. The highest BCUT2D eigenvalue weighted by molar-refractivity contribution is 5.95. The third kappa shape index (κ3) is 6.40. The van der Waals surface area contributed by atoms with Crippen LogP contribution in [0, 0.1) is 11.8 Å². The molecule has 2 heterocycles. The van der Waals surface area contributed by atoms with Crippen molar-refractivity contribution >= 4 is 17.6 Å². The quantitative estimate of drug-likeness (QED) is 0.423. The van der Waals surface area contributed by atoms with Gasteiger partial charge in [-0.25, -0.2) is 9.97 Å². The van der Waals surface area contributed by atoms with E-state index in [1.807, 2.05) is 18.2 Å². The summed E-state index contributed by atoms with van der Waals surface area (Å²) in [5.41, 5.74) is 7.13. The molecule has 3 aromatic rings. The Morgan fingerprint density at radius 2 is 1.79 bits per heavy atom. The summed E-state index contributed by atoms with van der Waals surface area (Å²) in [4.78, 5) is 35.8. The molecule has 0 radical (unpaired) electrons. The van der Waals surface area contributed by atoms with Gasteiger partial charge in [-0.1, -0.05) is 12.1 Å². The molecule has 2 amide bonds. The third-order valence-electron chi connectivity index (χ3n) is 7.10. The Morgan fingerprint density at radius 1 is 1.00 bits per heavy atom. The fraction of sp³-hybridized carbons (Fsp3) is 0.379. The predicted octanol–water partition coefficient (Wildman–Crippen LogP) is 3.69. The molecule has 1 saturated heterocycles. The molecule has 38 heavy (non-hydrogen) atoms. The lowest BCUT2D eigenvalue weighted by Crippen LogP contribution is -2.39. The van der Waals surface area contributed by atoms with Gasteiger partial charge in [0.25, 0.3) is 5.91 Å². The first-order chi connectivity index (χ1) is 18.5. The SMILES string of the molecule is COc1cc(OCC2CC2)cc(C(=O)NCC2CCN(c3ccnc(-c4cccc(C(N)=O)c4)n3)CC2)c1. The van der Waals surface area contributed by atoms with Gasteiger partial charge >= 0.3 is 0 Å². The number of carbonyl (C=O) groups excluding carboxylic acids is 2. The summed E-state index contributed by atoms with van der Waals surface area (Å²) in [6.45, 7) is 2.95. The van der Waals surface area contributed by atoms with Crippen LogP contribution in [0.1, 0.15) is 46.4 Å². The number of anilines is 1. The van der Waals surface area contributed by atoms with E-state index in [4.69, 9.17) is 20.2 Å². The van der Waals surface area contributed by atoms with E-state index < -0.39 is 5.91 Å². The van der Waals surface area contributed by atoms with Crippen molar-refractivity contribution < 1.29 is 19.1 Å². The number of nitrogens with two attached hydrogens (primary N) is 1. The van der Waals surface area contributed by atoms with Crippen molar-refractivity contribution in [1.82, 2.24) is 15.3 Å². The average Bonchev–Trinajstić information content (AvgIpc) is 3.80. The number of amides is 2. The monoisotopic (exact) mass is 515 g/mol. The maximum absolute atomic E-state index is 12.9. The second-order valence-electron chi connectivity index (χ2n) is 9.98. The van der Waals surface area contributed by atoms with Crippen molar-refractivity contribution in [2.45, 2.75) is 25.7 Å². The summed E-state index contributed by atoms with van der Waals surface area (Å²) in [7, 11) is 1.59. The number of benzene rings is 2. The van der Waals surface area contributed by atoms with Crippen molar-refractivity contribution in [3.8, 4) is 22.9 Å². The predicted molar refractivity (Wildman–Crippen MR) is 144 cm³/mol. The molecule has 0 unspecified atom stereocenters. The van der Waals surface area contributed by atoms with Gasteiger partial charge in [0.1, 0.15) is 17.3 Å². The zero-order chi connectivity index (χ0) is 26.5. The minimum absolute atomic E-state index is 0.124. The molecule has 2 aliphatic rings. The van der Waals surface area contributed by atoms with Gasteiger partial charge in [0.15, 0.2) is 5.82 Å². The number of carbonyl (C=O) groups is 2. The lowest BCUT2D eigenvalue weighted by molar-refractivity contribution is 0.0943. The second-order valence-corrected chi connectivity index (χ2v) is 9.98. The molecular formula is C29H33N5O4. The Kier molecular flexibility index (Phi) is 7.72. The maximum Gasteiger partial charge on any atom is 0.251 e. The average molecular weight is 516 g/mol. The summed E-state index contributed by atoms with van der Waals surface area (Å²) in [5.74, 6) is 3.08. The lowest BCUT2D eigenvalue weighted by atomic mass is 9.96. The van der Waals surface area contributed by atoms with E-state index in [-0.39, 0.29) is 5.91 Å². The molecule has 1 aromatic heterocycles. The molecule has 0 spiro atoms. The van der Waals surface area contributed by atoms with Gasteiger partial charge in [0.2, 0.25) is 5.91 Å². The van der Waals surface area contributed by atoms with E-state index in [0.717, 1.165) is 37.3 Å². The number of ether oxygens (including phenoxy) is 2. The molecule has 1 saturated carbocycles. The van der Waals surface area contributed by atoms with Crippen molar-refractivity contribution in [3.63, 3.8) is 0 Å². The molecule has 0 atom stereocenters. The molecule has 5 rings (SSSR count). The number of rotatable bonds is 10. The third-order valence-corrected chi connectivity index (χ3v) is 7.10. The minimum Gasteiger partial charge on any atom is -0.497 e. The van der Waals surface area contributed by atoms with Crippen molar-refractivity contribution in [2.75, 3.05) is 38.3 Å². The number of piperidine rings is 1. The Hall–Kier alpha value is -4.14. The van der Waals surface area contributed by atoms with Gasteiger partial charge in [-0.15, -0.1) is 0 Å². The summed E-state index contributed by atoms with van der Waals surface area (Å²) < 4.78 is 11.2. The molecule has 1 aliphatic heterocycles. The highest BCUT2D eigenvalue weighted by Gasteiger charge is 2.23. The van der Waals surface area contributed by atoms with Gasteiger partial charge in [0, 0.05) is 48.6 Å². The Balaban J connectivity index is 1.15. The summed E-state index contributed by atoms with van der Waals surface area (Å²) in [6, 6.07) is 14.3. The minimum atomic E-state index is -0.481. The largest absolute Gasteiger partial charge is 0.497 e. The first kappa shape index (κ1) is 25.5. The van der Waals surface area contributed by atoms with Crippen LogP contribution in [-0.2, 0) is 0 Å². The molecule has 198 valence electrons. The van der Waals surface area contributed by atoms with E-state index in [2.05, 4.69) is 15.2 Å². The molecule has 2 aromatic carbocycles.